The molecule has 152 valence electrons. The van der Waals surface area contributed by atoms with Crippen LogP contribution in [-0.4, -0.2) is 48.3 Å². The fourth-order valence-corrected chi connectivity index (χ4v) is 7.79. The minimum Gasteiger partial charge on any atom is -0.349 e. The molecule has 2 atom stereocenters. The number of hydrogen-bond acceptors (Lipinski definition) is 6. The van der Waals surface area contributed by atoms with Gasteiger partial charge >= 0.3 is 0 Å². The molecule has 2 aliphatic heterocycles. The molecule has 2 fully saturated rings. The molecule has 1 amide bonds. The number of benzene rings is 1. The van der Waals surface area contributed by atoms with Gasteiger partial charge < -0.3 is 10.6 Å². The topological polar surface area (TPSA) is 87.6 Å². The highest BCUT2D eigenvalue weighted by Gasteiger charge is 2.42. The molecule has 0 spiro atoms. The fourth-order valence-electron chi connectivity index (χ4n) is 4.11. The van der Waals surface area contributed by atoms with Crippen LogP contribution in [0.15, 0.2) is 29.3 Å². The molecular formula is C20H27N3O3S2. The lowest BCUT2D eigenvalue weighted by Crippen LogP contribution is -2.35. The minimum absolute atomic E-state index is 0.00977. The van der Waals surface area contributed by atoms with Crippen molar-refractivity contribution in [3.8, 4) is 0 Å². The zero-order valence-electron chi connectivity index (χ0n) is 15.9. The molecule has 6 nitrogen and oxygen atoms in total. The second-order valence-corrected chi connectivity index (χ2v) is 11.3. The van der Waals surface area contributed by atoms with Crippen molar-refractivity contribution in [1.82, 2.24) is 5.32 Å². The Morgan fingerprint density at radius 3 is 2.36 bits per heavy atom. The molecule has 3 aliphatic rings. The molecule has 1 aromatic rings. The van der Waals surface area contributed by atoms with Crippen LogP contribution in [0.5, 0.6) is 0 Å². The second kappa shape index (κ2) is 8.45. The van der Waals surface area contributed by atoms with E-state index in [-0.39, 0.29) is 34.7 Å². The van der Waals surface area contributed by atoms with Crippen LogP contribution in [0.4, 0.5) is 5.69 Å². The van der Waals surface area contributed by atoms with Crippen LogP contribution in [0.25, 0.3) is 0 Å². The van der Waals surface area contributed by atoms with Crippen LogP contribution in [0, 0.1) is 0 Å². The summed E-state index contributed by atoms with van der Waals surface area (Å²) in [6, 6.07) is 7.55. The van der Waals surface area contributed by atoms with E-state index in [1.807, 2.05) is 24.3 Å². The van der Waals surface area contributed by atoms with Gasteiger partial charge in [-0.25, -0.2) is 8.42 Å². The summed E-state index contributed by atoms with van der Waals surface area (Å²) < 4.78 is 23.3. The SMILES string of the molecule is O=C(NC1CCCCCCC1)c1ccc(NC2=N[C@H]3CS(=O)(=O)C[C@H]3S2)cc1. The van der Waals surface area contributed by atoms with Crippen molar-refractivity contribution in [3.05, 3.63) is 29.8 Å². The number of aliphatic imine (C=N–C) groups is 1. The lowest BCUT2D eigenvalue weighted by Gasteiger charge is -2.21. The van der Waals surface area contributed by atoms with Gasteiger partial charge in [-0.15, -0.1) is 0 Å². The first-order chi connectivity index (χ1) is 13.5. The van der Waals surface area contributed by atoms with Gasteiger partial charge in [0.15, 0.2) is 15.0 Å². The number of carbonyl (C=O) groups excluding carboxylic acids is 1. The Bertz CT molecular complexity index is 844. The average molecular weight is 422 g/mol. The van der Waals surface area contributed by atoms with Crippen molar-refractivity contribution in [2.45, 2.75) is 62.3 Å². The summed E-state index contributed by atoms with van der Waals surface area (Å²) in [6.07, 6.45) is 8.37. The summed E-state index contributed by atoms with van der Waals surface area (Å²) >= 11 is 1.50. The number of sulfone groups is 1. The second-order valence-electron chi connectivity index (χ2n) is 7.95. The number of hydrogen-bond donors (Lipinski definition) is 2. The quantitative estimate of drug-likeness (QED) is 0.782. The molecule has 28 heavy (non-hydrogen) atoms. The van der Waals surface area contributed by atoms with Gasteiger partial charge in [-0.2, -0.15) is 0 Å². The van der Waals surface area contributed by atoms with Crippen molar-refractivity contribution in [2.24, 2.45) is 4.99 Å². The van der Waals surface area contributed by atoms with Crippen molar-refractivity contribution in [2.75, 3.05) is 16.8 Å². The van der Waals surface area contributed by atoms with Gasteiger partial charge in [-0.1, -0.05) is 43.9 Å². The fraction of sp³-hybridized carbons (Fsp3) is 0.600. The third-order valence-electron chi connectivity index (χ3n) is 5.66. The van der Waals surface area contributed by atoms with Gasteiger partial charge in [0, 0.05) is 22.5 Å². The van der Waals surface area contributed by atoms with Gasteiger partial charge in [0.05, 0.1) is 17.5 Å². The van der Waals surface area contributed by atoms with Crippen LogP contribution >= 0.6 is 11.8 Å². The van der Waals surface area contributed by atoms with E-state index in [9.17, 15) is 13.2 Å². The van der Waals surface area contributed by atoms with Crippen LogP contribution in [0.2, 0.25) is 0 Å². The maximum Gasteiger partial charge on any atom is 0.251 e. The first kappa shape index (κ1) is 19.8. The third-order valence-corrected chi connectivity index (χ3v) is 8.80. The maximum atomic E-state index is 12.5. The van der Waals surface area contributed by atoms with Gasteiger partial charge in [0.25, 0.3) is 5.91 Å². The molecular weight excluding hydrogens is 394 g/mol. The Morgan fingerprint density at radius 1 is 1.00 bits per heavy atom. The van der Waals surface area contributed by atoms with Crippen LogP contribution in [0.1, 0.15) is 55.3 Å². The predicted octanol–water partition coefficient (Wildman–Crippen LogP) is 3.21. The summed E-state index contributed by atoms with van der Waals surface area (Å²) in [6.45, 7) is 0. The Kier molecular flexibility index (Phi) is 5.96. The molecule has 4 rings (SSSR count). The number of amides is 1. The highest BCUT2D eigenvalue weighted by molar-refractivity contribution is 8.15. The molecule has 2 heterocycles. The Balaban J connectivity index is 1.32. The van der Waals surface area contributed by atoms with E-state index in [0.717, 1.165) is 23.7 Å². The molecule has 0 unspecified atom stereocenters. The van der Waals surface area contributed by atoms with E-state index in [1.165, 1.54) is 43.9 Å². The van der Waals surface area contributed by atoms with Crippen LogP contribution in [0.3, 0.4) is 0 Å². The number of carbonyl (C=O) groups is 1. The van der Waals surface area contributed by atoms with Gasteiger partial charge in [-0.3, -0.25) is 9.79 Å². The van der Waals surface area contributed by atoms with Crippen molar-refractivity contribution < 1.29 is 13.2 Å². The molecule has 1 saturated heterocycles. The summed E-state index contributed by atoms with van der Waals surface area (Å²) in [5.74, 6) is 0.345. The van der Waals surface area contributed by atoms with Crippen molar-refractivity contribution in [3.63, 3.8) is 0 Å². The molecule has 1 saturated carbocycles. The zero-order valence-corrected chi connectivity index (χ0v) is 17.5. The number of nitrogens with one attached hydrogen (secondary N) is 2. The van der Waals surface area contributed by atoms with Gasteiger partial charge in [0.1, 0.15) is 0 Å². The number of thioether (sulfide) groups is 1. The number of nitrogens with zero attached hydrogens (tertiary/aromatic N) is 1. The van der Waals surface area contributed by atoms with Crippen molar-refractivity contribution in [1.29, 1.82) is 0 Å². The first-order valence-electron chi connectivity index (χ1n) is 10.1. The van der Waals surface area contributed by atoms with E-state index in [2.05, 4.69) is 15.6 Å². The van der Waals surface area contributed by atoms with Crippen LogP contribution in [-0.2, 0) is 9.84 Å². The van der Waals surface area contributed by atoms with E-state index in [1.54, 1.807) is 0 Å². The predicted molar refractivity (Wildman–Crippen MR) is 115 cm³/mol. The van der Waals surface area contributed by atoms with E-state index >= 15 is 0 Å². The summed E-state index contributed by atoms with van der Waals surface area (Å²) in [5, 5.41) is 7.22. The molecule has 1 aromatic carbocycles. The van der Waals surface area contributed by atoms with E-state index in [4.69, 9.17) is 0 Å². The smallest absolute Gasteiger partial charge is 0.251 e. The molecule has 0 aromatic heterocycles. The molecule has 0 radical (unpaired) electrons. The monoisotopic (exact) mass is 421 g/mol. The van der Waals surface area contributed by atoms with Crippen molar-refractivity contribution >= 4 is 38.4 Å². The minimum atomic E-state index is -2.93. The first-order valence-corrected chi connectivity index (χ1v) is 12.8. The number of rotatable bonds is 3. The van der Waals surface area contributed by atoms with Gasteiger partial charge in [-0.05, 0) is 37.1 Å². The Hall–Kier alpha value is -1.54. The zero-order chi connectivity index (χ0) is 19.6. The normalized spacial score (nSPS) is 27.4. The highest BCUT2D eigenvalue weighted by atomic mass is 32.2. The average Bonchev–Trinajstić information content (AvgIpc) is 3.10. The van der Waals surface area contributed by atoms with Crippen LogP contribution < -0.4 is 10.6 Å². The summed E-state index contributed by atoms with van der Waals surface area (Å²) in [7, 11) is -2.93. The van der Waals surface area contributed by atoms with E-state index in [0.29, 0.717) is 5.56 Å². The molecule has 2 N–H and O–H groups in total. The summed E-state index contributed by atoms with van der Waals surface area (Å²) in [4.78, 5) is 17.0. The molecule has 1 aliphatic carbocycles. The largest absolute Gasteiger partial charge is 0.349 e. The Labute approximate surface area is 170 Å². The van der Waals surface area contributed by atoms with Gasteiger partial charge in [0.2, 0.25) is 0 Å². The maximum absolute atomic E-state index is 12.5. The lowest BCUT2D eigenvalue weighted by molar-refractivity contribution is 0.0930. The lowest BCUT2D eigenvalue weighted by atomic mass is 9.96. The highest BCUT2D eigenvalue weighted by Crippen LogP contribution is 2.34. The standard InChI is InChI=1S/C20H27N3O3S2/c24-19(21-15-6-4-2-1-3-5-7-15)14-8-10-16(11-9-14)22-20-23-17-12-28(25,26)13-18(17)27-20/h8-11,15,17-18H,1-7,12-13H2,(H,21,24)(H,22,23)/t17-,18+/m0/s1. The number of anilines is 1. The Morgan fingerprint density at radius 2 is 1.68 bits per heavy atom. The number of fused-ring (bicyclic) bond motifs is 1. The third kappa shape index (κ3) is 4.89. The molecule has 8 heteroatoms. The molecule has 0 bridgehead atoms. The van der Waals surface area contributed by atoms with E-state index < -0.39 is 9.84 Å². The number of amidine groups is 1. The summed E-state index contributed by atoms with van der Waals surface area (Å²) in [5.41, 5.74) is 1.52.